The highest BCUT2D eigenvalue weighted by atomic mass is 32.2. The maximum absolute atomic E-state index is 12.3. The average molecular weight is 400 g/mol. The maximum atomic E-state index is 12.3. The van der Waals surface area contributed by atoms with Gasteiger partial charge in [0.1, 0.15) is 0 Å². The summed E-state index contributed by atoms with van der Waals surface area (Å²) >= 11 is 0. The lowest BCUT2D eigenvalue weighted by Gasteiger charge is -2.32. The summed E-state index contributed by atoms with van der Waals surface area (Å²) in [5.41, 5.74) is 1.12. The Kier molecular flexibility index (Phi) is 7.99. The Morgan fingerprint density at radius 2 is 1.93 bits per heavy atom. The van der Waals surface area contributed by atoms with Crippen molar-refractivity contribution in [2.75, 3.05) is 32.4 Å². The standard InChI is InChI=1S/C21H29N5OS/c1-22-21(24-13-16-28(27)20-8-3-2-4-9-20)25-18-10-14-26(15-11-18)17-19-7-5-6-12-23-19/h2-9,12,18H,10-11,13-17H2,1H3,(H2,22,24,25). The Hall–Kier alpha value is -2.25. The molecule has 28 heavy (non-hydrogen) atoms. The molecule has 2 heterocycles. The van der Waals surface area contributed by atoms with Gasteiger partial charge in [0.2, 0.25) is 0 Å². The highest BCUT2D eigenvalue weighted by Gasteiger charge is 2.20. The van der Waals surface area contributed by atoms with E-state index in [-0.39, 0.29) is 0 Å². The van der Waals surface area contributed by atoms with Crippen LogP contribution in [0.2, 0.25) is 0 Å². The lowest BCUT2D eigenvalue weighted by molar-refractivity contribution is 0.196. The Morgan fingerprint density at radius 1 is 1.18 bits per heavy atom. The Morgan fingerprint density at radius 3 is 2.61 bits per heavy atom. The van der Waals surface area contributed by atoms with E-state index in [1.807, 2.05) is 48.7 Å². The molecule has 1 aromatic carbocycles. The summed E-state index contributed by atoms with van der Waals surface area (Å²) in [7, 11) is 0.787. The number of piperidine rings is 1. The second-order valence-corrected chi connectivity index (χ2v) is 8.45. The molecule has 0 amide bonds. The first-order chi connectivity index (χ1) is 13.7. The number of nitrogens with zero attached hydrogens (tertiary/aromatic N) is 3. The van der Waals surface area contributed by atoms with Gasteiger partial charge in [-0.15, -0.1) is 0 Å². The number of pyridine rings is 1. The number of likely N-dealkylation sites (tertiary alicyclic amines) is 1. The number of rotatable bonds is 7. The van der Waals surface area contributed by atoms with Crippen molar-refractivity contribution in [1.29, 1.82) is 0 Å². The lowest BCUT2D eigenvalue weighted by atomic mass is 10.1. The minimum absolute atomic E-state index is 0.408. The number of aliphatic imine (C=N–C) groups is 1. The molecule has 1 fully saturated rings. The number of benzene rings is 1. The second kappa shape index (κ2) is 10.9. The molecule has 0 spiro atoms. The summed E-state index contributed by atoms with van der Waals surface area (Å²) in [4.78, 5) is 12.0. The minimum atomic E-state index is -0.991. The van der Waals surface area contributed by atoms with Crippen LogP contribution in [0.25, 0.3) is 0 Å². The van der Waals surface area contributed by atoms with E-state index in [9.17, 15) is 4.21 Å². The van der Waals surface area contributed by atoms with Crippen molar-refractivity contribution in [2.24, 2.45) is 4.99 Å². The van der Waals surface area contributed by atoms with E-state index >= 15 is 0 Å². The molecule has 1 aliphatic heterocycles. The van der Waals surface area contributed by atoms with E-state index in [2.05, 4.69) is 31.6 Å². The van der Waals surface area contributed by atoms with Crippen LogP contribution in [0.15, 0.2) is 64.6 Å². The first-order valence-electron chi connectivity index (χ1n) is 9.77. The van der Waals surface area contributed by atoms with Gasteiger partial charge in [-0.2, -0.15) is 0 Å². The van der Waals surface area contributed by atoms with Gasteiger partial charge in [-0.1, -0.05) is 24.3 Å². The normalized spacial score (nSPS) is 17.2. The summed E-state index contributed by atoms with van der Waals surface area (Å²) in [6.45, 7) is 3.62. The molecule has 0 saturated carbocycles. The number of guanidine groups is 1. The molecule has 0 aliphatic carbocycles. The van der Waals surface area contributed by atoms with Crippen LogP contribution in [0.4, 0.5) is 0 Å². The molecule has 150 valence electrons. The maximum Gasteiger partial charge on any atom is 0.191 e. The third-order valence-corrected chi connectivity index (χ3v) is 6.22. The van der Waals surface area contributed by atoms with Crippen molar-refractivity contribution >= 4 is 16.8 Å². The third kappa shape index (κ3) is 6.42. The zero-order chi connectivity index (χ0) is 19.6. The molecular formula is C21H29N5OS. The topological polar surface area (TPSA) is 69.6 Å². The molecule has 1 atom stereocenters. The molecule has 0 bridgehead atoms. The van der Waals surface area contributed by atoms with Crippen LogP contribution >= 0.6 is 0 Å². The molecule has 7 heteroatoms. The number of hydrogen-bond donors (Lipinski definition) is 2. The van der Waals surface area contributed by atoms with Gasteiger partial charge in [0.15, 0.2) is 5.96 Å². The highest BCUT2D eigenvalue weighted by Crippen LogP contribution is 2.13. The van der Waals surface area contributed by atoms with Crippen LogP contribution in [-0.2, 0) is 17.3 Å². The van der Waals surface area contributed by atoms with Crippen molar-refractivity contribution in [2.45, 2.75) is 30.3 Å². The molecule has 1 unspecified atom stereocenters. The predicted molar refractivity (Wildman–Crippen MR) is 115 cm³/mol. The van der Waals surface area contributed by atoms with Gasteiger partial charge >= 0.3 is 0 Å². The molecular weight excluding hydrogens is 370 g/mol. The molecule has 6 nitrogen and oxygen atoms in total. The zero-order valence-corrected chi connectivity index (χ0v) is 17.2. The van der Waals surface area contributed by atoms with E-state index in [1.165, 1.54) is 0 Å². The van der Waals surface area contributed by atoms with Crippen LogP contribution in [-0.4, -0.2) is 58.5 Å². The van der Waals surface area contributed by atoms with Gasteiger partial charge in [-0.3, -0.25) is 19.1 Å². The molecule has 3 rings (SSSR count). The van der Waals surface area contributed by atoms with Gasteiger partial charge in [0.25, 0.3) is 0 Å². The molecule has 2 N–H and O–H groups in total. The van der Waals surface area contributed by atoms with Crippen molar-refractivity contribution in [3.05, 3.63) is 60.4 Å². The average Bonchev–Trinajstić information content (AvgIpc) is 2.75. The fraction of sp³-hybridized carbons (Fsp3) is 0.429. The van der Waals surface area contributed by atoms with Gasteiger partial charge in [-0.25, -0.2) is 0 Å². The molecule has 0 radical (unpaired) electrons. The first kappa shape index (κ1) is 20.5. The summed E-state index contributed by atoms with van der Waals surface area (Å²) in [5, 5.41) is 6.79. The van der Waals surface area contributed by atoms with Crippen LogP contribution < -0.4 is 10.6 Å². The fourth-order valence-electron chi connectivity index (χ4n) is 3.30. The second-order valence-electron chi connectivity index (χ2n) is 6.88. The summed E-state index contributed by atoms with van der Waals surface area (Å²) < 4.78 is 12.3. The quantitative estimate of drug-likeness (QED) is 0.551. The van der Waals surface area contributed by atoms with E-state index in [0.717, 1.165) is 49.0 Å². The van der Waals surface area contributed by atoms with E-state index in [4.69, 9.17) is 0 Å². The van der Waals surface area contributed by atoms with Crippen molar-refractivity contribution in [3.63, 3.8) is 0 Å². The van der Waals surface area contributed by atoms with E-state index in [1.54, 1.807) is 7.05 Å². The van der Waals surface area contributed by atoms with Crippen LogP contribution in [0.3, 0.4) is 0 Å². The zero-order valence-electron chi connectivity index (χ0n) is 16.4. The van der Waals surface area contributed by atoms with Crippen molar-refractivity contribution in [1.82, 2.24) is 20.5 Å². The molecule has 2 aromatic rings. The van der Waals surface area contributed by atoms with E-state index < -0.39 is 10.8 Å². The molecule has 1 aromatic heterocycles. The van der Waals surface area contributed by atoms with Gasteiger partial charge < -0.3 is 10.6 Å². The van der Waals surface area contributed by atoms with Crippen molar-refractivity contribution in [3.8, 4) is 0 Å². The predicted octanol–water partition coefficient (Wildman–Crippen LogP) is 2.02. The summed E-state index contributed by atoms with van der Waals surface area (Å²) in [5.74, 6) is 1.35. The van der Waals surface area contributed by atoms with Crippen LogP contribution in [0.5, 0.6) is 0 Å². The fourth-order valence-corrected chi connectivity index (χ4v) is 4.28. The van der Waals surface area contributed by atoms with Gasteiger partial charge in [0.05, 0.1) is 16.5 Å². The first-order valence-corrected chi connectivity index (χ1v) is 11.1. The van der Waals surface area contributed by atoms with Crippen LogP contribution in [0, 0.1) is 0 Å². The monoisotopic (exact) mass is 399 g/mol. The van der Waals surface area contributed by atoms with E-state index in [0.29, 0.717) is 18.3 Å². The Labute approximate surface area is 169 Å². The van der Waals surface area contributed by atoms with Crippen molar-refractivity contribution < 1.29 is 4.21 Å². The van der Waals surface area contributed by atoms with Gasteiger partial charge in [0, 0.05) is 56.1 Å². The minimum Gasteiger partial charge on any atom is -0.355 e. The Balaban J connectivity index is 1.37. The number of nitrogens with one attached hydrogen (secondary N) is 2. The van der Waals surface area contributed by atoms with Crippen LogP contribution in [0.1, 0.15) is 18.5 Å². The largest absolute Gasteiger partial charge is 0.355 e. The van der Waals surface area contributed by atoms with Gasteiger partial charge in [-0.05, 0) is 37.1 Å². The lowest BCUT2D eigenvalue weighted by Crippen LogP contribution is -2.49. The highest BCUT2D eigenvalue weighted by molar-refractivity contribution is 7.85. The smallest absolute Gasteiger partial charge is 0.191 e. The summed E-state index contributed by atoms with van der Waals surface area (Å²) in [6, 6.07) is 16.1. The number of hydrogen-bond acceptors (Lipinski definition) is 4. The summed E-state index contributed by atoms with van der Waals surface area (Å²) in [6.07, 6.45) is 4.00. The SMILES string of the molecule is CN=C(NCCS(=O)c1ccccc1)NC1CCN(Cc2ccccn2)CC1. The Bertz CT molecular complexity index is 761. The molecule has 1 aliphatic rings. The number of aromatic nitrogens is 1. The third-order valence-electron chi connectivity index (χ3n) is 4.85. The molecule has 1 saturated heterocycles.